The Labute approximate surface area is 759 Å². The van der Waals surface area contributed by atoms with Crippen LogP contribution >= 0.6 is 11.3 Å². The van der Waals surface area contributed by atoms with Crippen LogP contribution < -0.4 is 9.47 Å². The lowest BCUT2D eigenvalue weighted by atomic mass is 9.74. The van der Waals surface area contributed by atoms with Crippen LogP contribution in [0.15, 0.2) is 170 Å². The van der Waals surface area contributed by atoms with E-state index in [-0.39, 0.29) is 34.1 Å². The van der Waals surface area contributed by atoms with E-state index in [0.29, 0.717) is 45.3 Å². The lowest BCUT2D eigenvalue weighted by Gasteiger charge is -2.36. The number of ether oxygens (including phenoxy) is 2. The summed E-state index contributed by atoms with van der Waals surface area (Å²) in [6.45, 7) is 70.6. The first-order chi connectivity index (χ1) is 57.5. The Kier molecular flexibility index (Phi) is 41.8. The Morgan fingerprint density at radius 1 is 0.540 bits per heavy atom. The molecule has 1 amide bonds. The Hall–Kier alpha value is -8.09. The molecule has 2 aliphatic heterocycles. The number of nitrogens with zero attached hydrogens (tertiary/aromatic N) is 7. The van der Waals surface area contributed by atoms with Crippen LogP contribution in [0.25, 0.3) is 16.0 Å². The van der Waals surface area contributed by atoms with Gasteiger partial charge in [-0.05, 0) is 258 Å². The van der Waals surface area contributed by atoms with Crippen LogP contribution in [0.4, 0.5) is 0 Å². The predicted molar refractivity (Wildman–Crippen MR) is 532 cm³/mol. The van der Waals surface area contributed by atoms with Gasteiger partial charge in [0.1, 0.15) is 29.7 Å². The monoisotopic (exact) mass is 1710 g/mol. The summed E-state index contributed by atoms with van der Waals surface area (Å²) in [5.41, 5.74) is 15.8. The Bertz CT molecular complexity index is 4570. The van der Waals surface area contributed by atoms with Crippen molar-refractivity contribution in [3.63, 3.8) is 0 Å². The molecule has 4 aromatic heterocycles. The summed E-state index contributed by atoms with van der Waals surface area (Å²) in [6.07, 6.45) is 32.9. The summed E-state index contributed by atoms with van der Waals surface area (Å²) in [5, 5.41) is 5.70. The number of hydrogen-bond donors (Lipinski definition) is 0. The Morgan fingerprint density at radius 2 is 1.14 bits per heavy atom. The van der Waals surface area contributed by atoms with E-state index >= 15 is 0 Å². The predicted octanol–water partition coefficient (Wildman–Crippen LogP) is 30.9. The number of thiazole rings is 1. The molecular formula is C112H169N7O4S. The Morgan fingerprint density at radius 3 is 1.65 bits per heavy atom. The van der Waals surface area contributed by atoms with Gasteiger partial charge < -0.3 is 14.4 Å². The van der Waals surface area contributed by atoms with Crippen LogP contribution in [-0.2, 0) is 64.4 Å². The number of para-hydroxylation sites is 3. The van der Waals surface area contributed by atoms with Crippen LogP contribution in [0.1, 0.15) is 345 Å². The number of aromatic nitrogens is 6. The van der Waals surface area contributed by atoms with Gasteiger partial charge in [0.05, 0.1) is 20.9 Å². The number of likely N-dealkylation sites (tertiary alicyclic amines) is 1. The lowest BCUT2D eigenvalue weighted by molar-refractivity contribution is -0.135. The number of aryl methyl sites for hydroxylation is 6. The number of piperidine rings is 1. The van der Waals surface area contributed by atoms with Crippen molar-refractivity contribution in [2.75, 3.05) is 20.2 Å². The molecule has 1 saturated heterocycles. The second-order valence-corrected chi connectivity index (χ2v) is 46.7. The molecule has 13 rings (SSSR count). The first-order valence-electron chi connectivity index (χ1n) is 46.7. The molecule has 0 spiro atoms. The van der Waals surface area contributed by atoms with Gasteiger partial charge in [-0.2, -0.15) is 5.10 Å². The molecule has 0 N–H and O–H groups in total. The topological polar surface area (TPSA) is 125 Å². The normalized spacial score (nSPS) is 15.4. The highest BCUT2D eigenvalue weighted by molar-refractivity contribution is 7.18. The highest BCUT2D eigenvalue weighted by Gasteiger charge is 2.32. The molecule has 2 unspecified atom stereocenters. The zero-order valence-electron chi connectivity index (χ0n) is 83.9. The number of hydrogen-bond acceptors (Lipinski definition) is 10. The van der Waals surface area contributed by atoms with Gasteiger partial charge in [-0.15, -0.1) is 11.3 Å². The molecule has 6 heterocycles. The summed E-state index contributed by atoms with van der Waals surface area (Å²) >= 11 is 1.83. The van der Waals surface area contributed by atoms with Gasteiger partial charge in [-0.3, -0.25) is 9.59 Å². The van der Waals surface area contributed by atoms with Gasteiger partial charge in [-0.1, -0.05) is 311 Å². The third-order valence-electron chi connectivity index (χ3n) is 22.8. The Balaban J connectivity index is 0.000000249. The number of rotatable bonds is 12. The average molecular weight is 1710 g/mol. The van der Waals surface area contributed by atoms with Crippen molar-refractivity contribution >= 4 is 33.2 Å². The summed E-state index contributed by atoms with van der Waals surface area (Å²) in [4.78, 5) is 42.0. The van der Waals surface area contributed by atoms with Crippen LogP contribution in [0.3, 0.4) is 0 Å². The first-order valence-corrected chi connectivity index (χ1v) is 47.5. The van der Waals surface area contributed by atoms with Crippen molar-refractivity contribution in [3.8, 4) is 23.1 Å². The van der Waals surface area contributed by atoms with Crippen molar-refractivity contribution in [2.45, 2.75) is 353 Å². The molecule has 2 atom stereocenters. The minimum Gasteiger partial charge on any atom is -0.485 e. The minimum atomic E-state index is 0.0612. The molecule has 0 saturated carbocycles. The van der Waals surface area contributed by atoms with Crippen LogP contribution in [0.2, 0.25) is 0 Å². The van der Waals surface area contributed by atoms with E-state index in [1.165, 1.54) is 122 Å². The van der Waals surface area contributed by atoms with E-state index < -0.39 is 0 Å². The second kappa shape index (κ2) is 48.7. The zero-order chi connectivity index (χ0) is 92.7. The summed E-state index contributed by atoms with van der Waals surface area (Å²) < 4.78 is 14.5. The highest BCUT2D eigenvalue weighted by atomic mass is 32.1. The standard InChI is InChI=1S/C16H18O.C15H22.C14H19N3.C13H17NS.C13H16O2.C12H20N2.C10H19NO.C10H18.C9H20/c1-16(2,3)13-9-11-15(12-10-13)17-14-7-5-4-6-8-14;1-15(2,3)11-12-8-9-13-6-4-5-7-14(13)10-12;1-10-8-11(2)17(16-10)13-7-6-12(9-15-13)14(3,4)5;1-13(2,3)9-8-12-14-10-6-4-5-7-11(10)15-12;1-13(2,3)11-6-4-5-9-7-10(14)8-15-12(9)11;1-12(2,3)8-5-4-7-11-13-9-6-10-14-11;1-10(2,3)8-5-6-11(4)9(12)7-8;1-10(2,3)9-7-5-4-6-8-9;1-8(2)6-7-9(3,4)5/h4-12H,1-3H3;8-10H,4-7,11H2,1-3H3;6-9H,1-5H3;4-7H,8-9H2,1-3H3;4-6H,7-8H2,1-3H3;6,9-10H,4-5,7-8H2,1-3H3;8H,5-7H2,1-4H3;4-5,9H,6-8H2,1-3H3;8H,6-7H2,1-5H3. The molecule has 0 radical (unpaired) electrons. The van der Waals surface area contributed by atoms with E-state index in [0.717, 1.165) is 95.4 Å². The molecule has 12 heteroatoms. The highest BCUT2D eigenvalue weighted by Crippen LogP contribution is 2.39. The molecule has 11 nitrogen and oxygen atoms in total. The van der Waals surface area contributed by atoms with Crippen LogP contribution in [-0.4, -0.2) is 66.5 Å². The molecule has 682 valence electrons. The molecule has 0 bridgehead atoms. The van der Waals surface area contributed by atoms with E-state index in [1.807, 2.05) is 127 Å². The van der Waals surface area contributed by atoms with Gasteiger partial charge in [0.15, 0.2) is 11.6 Å². The molecule has 1 fully saturated rings. The van der Waals surface area contributed by atoms with Crippen molar-refractivity contribution in [1.29, 1.82) is 0 Å². The number of allylic oxidation sites excluding steroid dienone is 2. The fourth-order valence-electron chi connectivity index (χ4n) is 14.8. The van der Waals surface area contributed by atoms with Crippen LogP contribution in [0.5, 0.6) is 17.2 Å². The van der Waals surface area contributed by atoms with E-state index in [1.54, 1.807) is 11.1 Å². The number of fused-ring (bicyclic) bond motifs is 3. The van der Waals surface area contributed by atoms with Gasteiger partial charge in [0.2, 0.25) is 5.91 Å². The van der Waals surface area contributed by atoms with E-state index in [2.05, 4.69) is 311 Å². The number of Topliss-reactive ketones (excluding diaryl/α,β-unsaturated/α-hetero) is 1. The quantitative estimate of drug-likeness (QED) is 0.0868. The maximum absolute atomic E-state index is 11.4. The lowest BCUT2D eigenvalue weighted by Crippen LogP contribution is -2.39. The average Bonchev–Trinajstić information content (AvgIpc) is 1.11. The van der Waals surface area contributed by atoms with Crippen LogP contribution in [0, 0.1) is 64.1 Å². The third-order valence-corrected chi connectivity index (χ3v) is 23.9. The maximum Gasteiger partial charge on any atom is 0.222 e. The first kappa shape index (κ1) is 106. The summed E-state index contributed by atoms with van der Waals surface area (Å²) in [7, 11) is 1.89. The fourth-order valence-corrected chi connectivity index (χ4v) is 15.7. The van der Waals surface area contributed by atoms with Crippen molar-refractivity contribution < 1.29 is 19.1 Å². The van der Waals surface area contributed by atoms with E-state index in [4.69, 9.17) is 9.47 Å². The van der Waals surface area contributed by atoms with Gasteiger partial charge in [-0.25, -0.2) is 24.6 Å². The third kappa shape index (κ3) is 42.0. The number of unbranched alkanes of at least 4 members (excludes halogenated alkanes) is 1. The molecule has 9 aromatic rings. The zero-order valence-corrected chi connectivity index (χ0v) is 84.7. The number of ketones is 1. The van der Waals surface area contributed by atoms with E-state index in [9.17, 15) is 9.59 Å². The largest absolute Gasteiger partial charge is 0.485 e. The van der Waals surface area contributed by atoms with Crippen molar-refractivity contribution in [2.24, 2.45) is 50.2 Å². The number of amides is 1. The molecule has 4 aliphatic rings. The second-order valence-electron chi connectivity index (χ2n) is 45.6. The number of carbonyl (C=O) groups is 2. The summed E-state index contributed by atoms with van der Waals surface area (Å²) in [5.74, 6) is 7.34. The maximum atomic E-state index is 11.4. The fraction of sp³-hybridized carbons (Fsp3) is 0.580. The van der Waals surface area contributed by atoms with Gasteiger partial charge in [0.25, 0.3) is 0 Å². The molecular weight excluding hydrogens is 1540 g/mol. The molecule has 2 aliphatic carbocycles. The smallest absolute Gasteiger partial charge is 0.222 e. The van der Waals surface area contributed by atoms with Crippen molar-refractivity contribution in [3.05, 3.63) is 231 Å². The molecule has 5 aromatic carbocycles. The van der Waals surface area contributed by atoms with Crippen molar-refractivity contribution in [1.82, 2.24) is 34.6 Å². The number of benzene rings is 5. The van der Waals surface area contributed by atoms with Gasteiger partial charge in [0, 0.05) is 62.7 Å². The minimum absolute atomic E-state index is 0.0612. The summed E-state index contributed by atoms with van der Waals surface area (Å²) in [6, 6.07) is 47.7. The molecule has 124 heavy (non-hydrogen) atoms. The number of pyridine rings is 1. The number of carbonyl (C=O) groups excluding carboxylic acids is 2. The SMILES string of the molecule is CC(C)(C)C1CC=CCC1.CC(C)(C)CCCCc1ncccn1.CC(C)(C)CCc1nc2ccccc2s1.CC(C)(C)Cc1ccc2c(c1)CCCC2.CC(C)(C)c1ccc(Oc2ccccc2)cc1.CC(C)(C)c1cccc2c1OCC(=O)C2.CC(C)CCC(C)(C)C.CN1CCC(C(C)(C)C)CC1=O.Cc1cc(C)n(-c2ccc(C(C)(C)C)cn2)n1. The van der Waals surface area contributed by atoms with Gasteiger partial charge >= 0.3 is 0 Å².